The van der Waals surface area contributed by atoms with E-state index in [2.05, 4.69) is 15.3 Å². The fraction of sp³-hybridized carbons (Fsp3) is 0.467. The zero-order valence-electron chi connectivity index (χ0n) is 11.8. The van der Waals surface area contributed by atoms with Gasteiger partial charge in [-0.1, -0.05) is 12.1 Å². The Hall–Kier alpha value is -1.92. The number of ether oxygens (including phenoxy) is 1. The summed E-state index contributed by atoms with van der Waals surface area (Å²) in [7, 11) is 0. The van der Waals surface area contributed by atoms with Crippen LogP contribution in [-0.2, 0) is 16.0 Å². The first-order valence-electron chi connectivity index (χ1n) is 7.33. The Morgan fingerprint density at radius 2 is 2.29 bits per heavy atom. The minimum atomic E-state index is -0.353. The summed E-state index contributed by atoms with van der Waals surface area (Å²) >= 11 is 0. The van der Waals surface area contributed by atoms with Crippen molar-refractivity contribution in [1.82, 2.24) is 15.3 Å². The van der Waals surface area contributed by atoms with Crippen molar-refractivity contribution >= 4 is 16.9 Å². The van der Waals surface area contributed by atoms with Crippen molar-refractivity contribution in [2.24, 2.45) is 5.73 Å². The Labute approximate surface area is 123 Å². The summed E-state index contributed by atoms with van der Waals surface area (Å²) < 4.78 is 5.56. The predicted molar refractivity (Wildman–Crippen MR) is 79.8 cm³/mol. The molecule has 1 aromatic heterocycles. The number of benzene rings is 1. The molecule has 0 aliphatic carbocycles. The summed E-state index contributed by atoms with van der Waals surface area (Å²) in [6.07, 6.45) is 1.95. The lowest BCUT2D eigenvalue weighted by Gasteiger charge is -2.12. The molecular weight excluding hydrogens is 268 g/mol. The van der Waals surface area contributed by atoms with E-state index in [0.717, 1.165) is 29.7 Å². The van der Waals surface area contributed by atoms with Gasteiger partial charge in [0.05, 0.1) is 17.1 Å². The average molecular weight is 288 g/mol. The number of hydrogen-bond acceptors (Lipinski definition) is 4. The van der Waals surface area contributed by atoms with Crippen LogP contribution in [0, 0.1) is 0 Å². The van der Waals surface area contributed by atoms with Crippen LogP contribution < -0.4 is 11.1 Å². The Kier molecular flexibility index (Phi) is 4.17. The number of rotatable bonds is 5. The second kappa shape index (κ2) is 6.24. The molecule has 112 valence electrons. The fourth-order valence-corrected chi connectivity index (χ4v) is 2.61. The number of nitrogens with one attached hydrogen (secondary N) is 2. The highest BCUT2D eigenvalue weighted by Crippen LogP contribution is 2.18. The first-order valence-corrected chi connectivity index (χ1v) is 7.33. The van der Waals surface area contributed by atoms with Gasteiger partial charge in [-0.2, -0.15) is 0 Å². The van der Waals surface area contributed by atoms with Gasteiger partial charge < -0.3 is 20.8 Å². The molecule has 1 saturated heterocycles. The number of para-hydroxylation sites is 2. The van der Waals surface area contributed by atoms with E-state index in [-0.39, 0.29) is 18.1 Å². The molecule has 0 radical (unpaired) electrons. The van der Waals surface area contributed by atoms with E-state index >= 15 is 0 Å². The molecule has 1 aliphatic rings. The van der Waals surface area contributed by atoms with Gasteiger partial charge >= 0.3 is 0 Å². The van der Waals surface area contributed by atoms with Crippen molar-refractivity contribution in [2.45, 2.75) is 31.5 Å². The molecule has 0 bridgehead atoms. The van der Waals surface area contributed by atoms with Crippen LogP contribution in [-0.4, -0.2) is 41.2 Å². The van der Waals surface area contributed by atoms with Crippen molar-refractivity contribution in [3.8, 4) is 0 Å². The molecule has 0 spiro atoms. The van der Waals surface area contributed by atoms with Gasteiger partial charge in [-0.3, -0.25) is 4.79 Å². The van der Waals surface area contributed by atoms with E-state index in [1.54, 1.807) is 0 Å². The Morgan fingerprint density at radius 3 is 3.05 bits per heavy atom. The third-order valence-electron chi connectivity index (χ3n) is 3.76. The molecule has 2 aromatic rings. The minimum Gasteiger partial charge on any atom is -0.364 e. The van der Waals surface area contributed by atoms with Crippen LogP contribution in [0.2, 0.25) is 0 Å². The van der Waals surface area contributed by atoms with Crippen LogP contribution in [0.1, 0.15) is 18.7 Å². The Morgan fingerprint density at radius 1 is 1.43 bits per heavy atom. The van der Waals surface area contributed by atoms with E-state index in [1.165, 1.54) is 0 Å². The fourth-order valence-electron chi connectivity index (χ4n) is 2.61. The monoisotopic (exact) mass is 288 g/mol. The first-order chi connectivity index (χ1) is 10.3. The lowest BCUT2D eigenvalue weighted by Crippen LogP contribution is -2.36. The smallest absolute Gasteiger partial charge is 0.249 e. The van der Waals surface area contributed by atoms with Crippen molar-refractivity contribution in [1.29, 1.82) is 0 Å². The van der Waals surface area contributed by atoms with Crippen LogP contribution in [0.4, 0.5) is 0 Å². The highest BCUT2D eigenvalue weighted by atomic mass is 16.5. The molecule has 6 heteroatoms. The summed E-state index contributed by atoms with van der Waals surface area (Å²) in [5.41, 5.74) is 7.51. The number of amides is 1. The van der Waals surface area contributed by atoms with Crippen LogP contribution >= 0.6 is 0 Å². The maximum absolute atomic E-state index is 12.0. The number of hydrogen-bond donors (Lipinski definition) is 3. The normalized spacial score (nSPS) is 21.8. The van der Waals surface area contributed by atoms with Crippen molar-refractivity contribution in [3.63, 3.8) is 0 Å². The molecule has 3 rings (SSSR count). The predicted octanol–water partition coefficient (Wildman–Crippen LogP) is 0.728. The highest BCUT2D eigenvalue weighted by Gasteiger charge is 2.29. The summed E-state index contributed by atoms with van der Waals surface area (Å²) in [5.74, 6) is 0.825. The van der Waals surface area contributed by atoms with Crippen LogP contribution in [0.3, 0.4) is 0 Å². The standard InChI is InChI=1S/C15H20N4O2/c16-9-10-5-6-13(21-10)15(20)17-8-7-14-18-11-3-1-2-4-12(11)19-14/h1-4,10,13H,5-9,16H2,(H,17,20)(H,18,19)/t10-,13+/m1/s1. The molecule has 0 unspecified atom stereocenters. The number of fused-ring (bicyclic) bond motifs is 1. The van der Waals surface area contributed by atoms with E-state index in [9.17, 15) is 4.79 Å². The maximum atomic E-state index is 12.0. The average Bonchev–Trinajstić information content (AvgIpc) is 3.13. The zero-order valence-corrected chi connectivity index (χ0v) is 11.8. The van der Waals surface area contributed by atoms with E-state index in [4.69, 9.17) is 10.5 Å². The Balaban J connectivity index is 1.48. The molecule has 6 nitrogen and oxygen atoms in total. The number of H-pyrrole nitrogens is 1. The number of nitrogens with zero attached hydrogens (tertiary/aromatic N) is 1. The van der Waals surface area contributed by atoms with Gasteiger partial charge in [0.1, 0.15) is 11.9 Å². The molecule has 2 heterocycles. The number of carbonyl (C=O) groups is 1. The van der Waals surface area contributed by atoms with Gasteiger partial charge in [0.2, 0.25) is 5.91 Å². The molecule has 1 amide bonds. The third kappa shape index (κ3) is 3.22. The summed E-state index contributed by atoms with van der Waals surface area (Å²) in [5, 5.41) is 2.90. The van der Waals surface area contributed by atoms with Gasteiger partial charge in [-0.25, -0.2) is 4.98 Å². The second-order valence-corrected chi connectivity index (χ2v) is 5.30. The molecule has 21 heavy (non-hydrogen) atoms. The van der Waals surface area contributed by atoms with Crippen LogP contribution in [0.25, 0.3) is 11.0 Å². The second-order valence-electron chi connectivity index (χ2n) is 5.30. The number of aromatic nitrogens is 2. The number of aromatic amines is 1. The first kappa shape index (κ1) is 14.0. The van der Waals surface area contributed by atoms with Gasteiger partial charge in [-0.15, -0.1) is 0 Å². The number of imidazole rings is 1. The van der Waals surface area contributed by atoms with Gasteiger partial charge in [0.15, 0.2) is 0 Å². The Bertz CT molecular complexity index is 592. The van der Waals surface area contributed by atoms with E-state index in [1.807, 2.05) is 24.3 Å². The van der Waals surface area contributed by atoms with Crippen molar-refractivity contribution in [3.05, 3.63) is 30.1 Å². The minimum absolute atomic E-state index is 0.0242. The molecule has 4 N–H and O–H groups in total. The van der Waals surface area contributed by atoms with Crippen molar-refractivity contribution < 1.29 is 9.53 Å². The third-order valence-corrected chi connectivity index (χ3v) is 3.76. The summed E-state index contributed by atoms with van der Waals surface area (Å²) in [4.78, 5) is 19.7. The van der Waals surface area contributed by atoms with Gasteiger partial charge in [-0.05, 0) is 25.0 Å². The van der Waals surface area contributed by atoms with Crippen molar-refractivity contribution in [2.75, 3.05) is 13.1 Å². The molecular formula is C15H20N4O2. The quantitative estimate of drug-likeness (QED) is 0.756. The number of carbonyl (C=O) groups excluding carboxylic acids is 1. The SMILES string of the molecule is NC[C@H]1CC[C@@H](C(=O)NCCc2nc3ccccc3[nH]2)O1. The largest absolute Gasteiger partial charge is 0.364 e. The summed E-state index contributed by atoms with van der Waals surface area (Å²) in [6, 6.07) is 7.88. The molecule has 2 atom stereocenters. The van der Waals surface area contributed by atoms with E-state index in [0.29, 0.717) is 19.5 Å². The molecule has 1 fully saturated rings. The van der Waals surface area contributed by atoms with Crippen LogP contribution in [0.15, 0.2) is 24.3 Å². The zero-order chi connectivity index (χ0) is 14.7. The van der Waals surface area contributed by atoms with Gasteiger partial charge in [0.25, 0.3) is 0 Å². The van der Waals surface area contributed by atoms with Crippen LogP contribution in [0.5, 0.6) is 0 Å². The van der Waals surface area contributed by atoms with E-state index < -0.39 is 0 Å². The summed E-state index contributed by atoms with van der Waals surface area (Å²) in [6.45, 7) is 1.02. The molecule has 0 saturated carbocycles. The molecule has 1 aromatic carbocycles. The lowest BCUT2D eigenvalue weighted by molar-refractivity contribution is -0.131. The topological polar surface area (TPSA) is 93.0 Å². The molecule has 1 aliphatic heterocycles. The van der Waals surface area contributed by atoms with Gasteiger partial charge in [0, 0.05) is 19.5 Å². The number of nitrogens with two attached hydrogens (primary N) is 1. The highest BCUT2D eigenvalue weighted by molar-refractivity contribution is 5.81. The lowest BCUT2D eigenvalue weighted by atomic mass is 10.2. The maximum Gasteiger partial charge on any atom is 0.249 e.